The van der Waals surface area contributed by atoms with Gasteiger partial charge in [0.2, 0.25) is 0 Å². The summed E-state index contributed by atoms with van der Waals surface area (Å²) in [5.74, 6) is 1.24. The average Bonchev–Trinajstić information content (AvgIpc) is 2.96. The van der Waals surface area contributed by atoms with Gasteiger partial charge in [-0.15, -0.1) is 0 Å². The van der Waals surface area contributed by atoms with E-state index in [1.807, 2.05) is 22.4 Å². The monoisotopic (exact) mass is 248 g/mol. The Kier molecular flexibility index (Phi) is 2.55. The van der Waals surface area contributed by atoms with Crippen LogP contribution in [0.1, 0.15) is 34.3 Å². The molecule has 0 aliphatic carbocycles. The van der Waals surface area contributed by atoms with Crippen LogP contribution in [0.15, 0.2) is 24.5 Å². The normalized spacial score (nSPS) is 19.9. The number of pyridine rings is 1. The van der Waals surface area contributed by atoms with Gasteiger partial charge in [-0.05, 0) is 30.7 Å². The molecule has 1 aliphatic heterocycles. The molecule has 0 radical (unpaired) electrons. The largest absolute Gasteiger partial charge is 0.478 e. The van der Waals surface area contributed by atoms with E-state index in [9.17, 15) is 4.79 Å². The smallest absolute Gasteiger partial charge is 0.337 e. The Morgan fingerprint density at radius 1 is 1.59 bits per heavy atom. The highest BCUT2D eigenvalue weighted by molar-refractivity contribution is 7.99. The van der Waals surface area contributed by atoms with Crippen molar-refractivity contribution in [2.45, 2.75) is 18.1 Å². The first-order chi connectivity index (χ1) is 8.27. The molecule has 5 heteroatoms. The highest BCUT2D eigenvalue weighted by Crippen LogP contribution is 2.39. The molecule has 88 valence electrons. The average molecular weight is 248 g/mol. The van der Waals surface area contributed by atoms with Crippen molar-refractivity contribution in [2.24, 2.45) is 0 Å². The third kappa shape index (κ3) is 1.70. The molecule has 0 aromatic carbocycles. The number of fused-ring (bicyclic) bond motifs is 1. The summed E-state index contributed by atoms with van der Waals surface area (Å²) in [5.41, 5.74) is 0.997. The van der Waals surface area contributed by atoms with Gasteiger partial charge in [0, 0.05) is 6.20 Å². The van der Waals surface area contributed by atoms with E-state index < -0.39 is 5.97 Å². The lowest BCUT2D eigenvalue weighted by atomic mass is 10.2. The Bertz CT molecular complexity index is 573. The van der Waals surface area contributed by atoms with E-state index in [0.717, 1.165) is 18.0 Å². The number of imidazole rings is 1. The van der Waals surface area contributed by atoms with E-state index >= 15 is 0 Å². The number of nitrogens with zero attached hydrogens (tertiary/aromatic N) is 2. The molecule has 0 spiro atoms. The molecule has 1 fully saturated rings. The number of rotatable bonds is 2. The summed E-state index contributed by atoms with van der Waals surface area (Å²) in [6.45, 7) is 0. The summed E-state index contributed by atoms with van der Waals surface area (Å²) in [6.07, 6.45) is 5.89. The Hall–Kier alpha value is -1.49. The predicted molar refractivity (Wildman–Crippen MR) is 66.6 cm³/mol. The van der Waals surface area contributed by atoms with Crippen molar-refractivity contribution in [2.75, 3.05) is 5.75 Å². The Morgan fingerprint density at radius 3 is 3.18 bits per heavy atom. The molecule has 2 aromatic rings. The minimum absolute atomic E-state index is 0.314. The summed E-state index contributed by atoms with van der Waals surface area (Å²) in [5, 5.41) is 9.52. The fraction of sp³-hybridized carbons (Fsp3) is 0.333. The van der Waals surface area contributed by atoms with Crippen molar-refractivity contribution in [3.8, 4) is 0 Å². The standard InChI is InChI=1S/C12H12N2O2S/c15-12(16)8-3-1-5-14-9(8)7-13-11(14)10-4-2-6-17-10/h1,3,5,7,10H,2,4,6H2,(H,15,16). The minimum Gasteiger partial charge on any atom is -0.478 e. The van der Waals surface area contributed by atoms with Crippen LogP contribution in [0, 0.1) is 0 Å². The summed E-state index contributed by atoms with van der Waals surface area (Å²) in [7, 11) is 0. The lowest BCUT2D eigenvalue weighted by Gasteiger charge is -2.07. The molecular formula is C12H12N2O2S. The van der Waals surface area contributed by atoms with E-state index in [-0.39, 0.29) is 0 Å². The van der Waals surface area contributed by atoms with Crippen LogP contribution < -0.4 is 0 Å². The SMILES string of the molecule is O=C(O)c1cccn2c(C3CCCS3)ncc12. The minimum atomic E-state index is -0.902. The van der Waals surface area contributed by atoms with Crippen molar-refractivity contribution in [1.29, 1.82) is 0 Å². The molecular weight excluding hydrogens is 236 g/mol. The molecule has 3 heterocycles. The third-order valence-electron chi connectivity index (χ3n) is 3.05. The number of hydrogen-bond acceptors (Lipinski definition) is 3. The summed E-state index contributed by atoms with van der Waals surface area (Å²) in [4.78, 5) is 15.5. The first-order valence-electron chi connectivity index (χ1n) is 5.58. The first-order valence-corrected chi connectivity index (χ1v) is 6.63. The van der Waals surface area contributed by atoms with Crippen molar-refractivity contribution in [3.05, 3.63) is 35.9 Å². The van der Waals surface area contributed by atoms with E-state index in [2.05, 4.69) is 4.98 Å². The van der Waals surface area contributed by atoms with Crippen molar-refractivity contribution in [3.63, 3.8) is 0 Å². The van der Waals surface area contributed by atoms with Crippen LogP contribution in [0.4, 0.5) is 0 Å². The number of aromatic nitrogens is 2. The molecule has 1 saturated heterocycles. The lowest BCUT2D eigenvalue weighted by Crippen LogP contribution is -2.02. The molecule has 1 unspecified atom stereocenters. The van der Waals surface area contributed by atoms with Crippen molar-refractivity contribution < 1.29 is 9.90 Å². The van der Waals surface area contributed by atoms with Gasteiger partial charge in [-0.25, -0.2) is 9.78 Å². The molecule has 1 N–H and O–H groups in total. The van der Waals surface area contributed by atoms with E-state index in [1.54, 1.807) is 18.3 Å². The lowest BCUT2D eigenvalue weighted by molar-refractivity contribution is 0.0698. The number of aromatic carboxylic acids is 1. The van der Waals surface area contributed by atoms with E-state index in [4.69, 9.17) is 5.11 Å². The molecule has 3 rings (SSSR count). The zero-order valence-electron chi connectivity index (χ0n) is 9.17. The van der Waals surface area contributed by atoms with Crippen LogP contribution in [0.5, 0.6) is 0 Å². The van der Waals surface area contributed by atoms with Crippen LogP contribution in [-0.4, -0.2) is 26.2 Å². The number of carboxylic acid groups (broad SMARTS) is 1. The van der Waals surface area contributed by atoms with Gasteiger partial charge < -0.3 is 9.51 Å². The quantitative estimate of drug-likeness (QED) is 0.887. The molecule has 17 heavy (non-hydrogen) atoms. The molecule has 0 amide bonds. The van der Waals surface area contributed by atoms with Gasteiger partial charge in [-0.3, -0.25) is 0 Å². The maximum Gasteiger partial charge on any atom is 0.337 e. The van der Waals surface area contributed by atoms with Crippen LogP contribution in [0.25, 0.3) is 5.52 Å². The topological polar surface area (TPSA) is 54.6 Å². The summed E-state index contributed by atoms with van der Waals surface area (Å²) in [6, 6.07) is 3.38. The molecule has 0 saturated carbocycles. The van der Waals surface area contributed by atoms with Crippen LogP contribution in [-0.2, 0) is 0 Å². The second-order valence-corrected chi connectivity index (χ2v) is 5.41. The Balaban J connectivity index is 2.15. The van der Waals surface area contributed by atoms with Gasteiger partial charge >= 0.3 is 5.97 Å². The fourth-order valence-electron chi connectivity index (χ4n) is 2.24. The van der Waals surface area contributed by atoms with Gasteiger partial charge in [0.05, 0.1) is 22.5 Å². The number of carbonyl (C=O) groups is 1. The molecule has 1 aliphatic rings. The molecule has 1 atom stereocenters. The first kappa shape index (κ1) is 10.7. The zero-order valence-corrected chi connectivity index (χ0v) is 9.98. The third-order valence-corrected chi connectivity index (χ3v) is 4.42. The molecule has 2 aromatic heterocycles. The molecule has 4 nitrogen and oxygen atoms in total. The highest BCUT2D eigenvalue weighted by atomic mass is 32.2. The zero-order chi connectivity index (χ0) is 11.8. The summed E-state index contributed by atoms with van der Waals surface area (Å²) >= 11 is 1.90. The number of hydrogen-bond donors (Lipinski definition) is 1. The Labute approximate surface area is 103 Å². The van der Waals surface area contributed by atoms with Crippen LogP contribution >= 0.6 is 11.8 Å². The summed E-state index contributed by atoms with van der Waals surface area (Å²) < 4.78 is 1.91. The van der Waals surface area contributed by atoms with Gasteiger partial charge in [0.15, 0.2) is 0 Å². The van der Waals surface area contributed by atoms with Gasteiger partial charge in [-0.2, -0.15) is 11.8 Å². The van der Waals surface area contributed by atoms with Gasteiger partial charge in [0.1, 0.15) is 5.82 Å². The van der Waals surface area contributed by atoms with Crippen LogP contribution in [0.2, 0.25) is 0 Å². The second kappa shape index (κ2) is 4.07. The Morgan fingerprint density at radius 2 is 2.47 bits per heavy atom. The highest BCUT2D eigenvalue weighted by Gasteiger charge is 2.23. The predicted octanol–water partition coefficient (Wildman–Crippen LogP) is 2.60. The maximum atomic E-state index is 11.1. The number of thioether (sulfide) groups is 1. The fourth-order valence-corrected chi connectivity index (χ4v) is 3.52. The van der Waals surface area contributed by atoms with Crippen molar-refractivity contribution in [1.82, 2.24) is 9.38 Å². The van der Waals surface area contributed by atoms with E-state index in [0.29, 0.717) is 16.3 Å². The van der Waals surface area contributed by atoms with E-state index in [1.165, 1.54) is 6.42 Å². The second-order valence-electron chi connectivity index (χ2n) is 4.10. The number of carboxylic acids is 1. The maximum absolute atomic E-state index is 11.1. The molecule has 0 bridgehead atoms. The van der Waals surface area contributed by atoms with Gasteiger partial charge in [0.25, 0.3) is 0 Å². The van der Waals surface area contributed by atoms with Crippen molar-refractivity contribution >= 4 is 23.2 Å². The van der Waals surface area contributed by atoms with Gasteiger partial charge in [-0.1, -0.05) is 0 Å². The van der Waals surface area contributed by atoms with Crippen LogP contribution in [0.3, 0.4) is 0 Å².